The summed E-state index contributed by atoms with van der Waals surface area (Å²) in [6, 6.07) is 0. The fourth-order valence-corrected chi connectivity index (χ4v) is 1.58. The minimum atomic E-state index is 0.400. The molecule has 0 amide bonds. The third-order valence-electron chi connectivity index (χ3n) is 2.45. The standard InChI is InChI=1S/C8H13NO/c1-9-4-7(5-9)8(10)6-2-3-6/h6-7H,2-5H2,1H3. The summed E-state index contributed by atoms with van der Waals surface area (Å²) in [4.78, 5) is 13.5. The highest BCUT2D eigenvalue weighted by atomic mass is 16.1. The molecular formula is C8H13NO. The van der Waals surface area contributed by atoms with Crippen LogP contribution in [-0.4, -0.2) is 30.8 Å². The van der Waals surface area contributed by atoms with Crippen molar-refractivity contribution in [3.63, 3.8) is 0 Å². The van der Waals surface area contributed by atoms with Gasteiger partial charge in [-0.05, 0) is 19.9 Å². The molecule has 0 spiro atoms. The third-order valence-corrected chi connectivity index (χ3v) is 2.45. The zero-order chi connectivity index (χ0) is 7.14. The van der Waals surface area contributed by atoms with Gasteiger partial charge in [0.25, 0.3) is 0 Å². The lowest BCUT2D eigenvalue weighted by Crippen LogP contribution is -2.48. The average Bonchev–Trinajstić information content (AvgIpc) is 2.60. The monoisotopic (exact) mass is 139 g/mol. The number of carbonyl (C=O) groups is 1. The van der Waals surface area contributed by atoms with Crippen molar-refractivity contribution in [3.8, 4) is 0 Å². The van der Waals surface area contributed by atoms with Crippen molar-refractivity contribution in [3.05, 3.63) is 0 Å². The Morgan fingerprint density at radius 1 is 1.30 bits per heavy atom. The van der Waals surface area contributed by atoms with E-state index in [9.17, 15) is 4.79 Å². The number of carbonyl (C=O) groups excluding carboxylic acids is 1. The molecule has 1 aliphatic heterocycles. The summed E-state index contributed by atoms with van der Waals surface area (Å²) < 4.78 is 0. The lowest BCUT2D eigenvalue weighted by Gasteiger charge is -2.35. The molecule has 2 rings (SSSR count). The van der Waals surface area contributed by atoms with Crippen LogP contribution in [0.25, 0.3) is 0 Å². The summed E-state index contributed by atoms with van der Waals surface area (Å²) in [5.41, 5.74) is 0. The van der Waals surface area contributed by atoms with Crippen molar-refractivity contribution in [1.29, 1.82) is 0 Å². The van der Waals surface area contributed by atoms with E-state index >= 15 is 0 Å². The van der Waals surface area contributed by atoms with E-state index in [1.54, 1.807) is 0 Å². The molecule has 10 heavy (non-hydrogen) atoms. The van der Waals surface area contributed by atoms with Crippen LogP contribution in [0.5, 0.6) is 0 Å². The molecule has 1 aliphatic carbocycles. The fraction of sp³-hybridized carbons (Fsp3) is 0.875. The van der Waals surface area contributed by atoms with E-state index in [1.807, 2.05) is 0 Å². The van der Waals surface area contributed by atoms with Crippen LogP contribution in [0.2, 0.25) is 0 Å². The maximum atomic E-state index is 11.3. The molecule has 1 heterocycles. The van der Waals surface area contributed by atoms with Gasteiger partial charge in [0, 0.05) is 24.9 Å². The summed E-state index contributed by atoms with van der Waals surface area (Å²) in [5, 5.41) is 0. The van der Waals surface area contributed by atoms with Gasteiger partial charge in [-0.3, -0.25) is 4.79 Å². The Hall–Kier alpha value is -0.370. The number of likely N-dealkylation sites (tertiary alicyclic amines) is 1. The van der Waals surface area contributed by atoms with Crippen molar-refractivity contribution < 1.29 is 4.79 Å². The number of hydrogen-bond donors (Lipinski definition) is 0. The Bertz CT molecular complexity index is 157. The second-order valence-corrected chi connectivity index (χ2v) is 3.59. The molecule has 2 heteroatoms. The van der Waals surface area contributed by atoms with Gasteiger partial charge in [0.05, 0.1) is 0 Å². The predicted octanol–water partition coefficient (Wildman–Crippen LogP) is 0.527. The SMILES string of the molecule is CN1CC(C(=O)C2CC2)C1. The highest BCUT2D eigenvalue weighted by Crippen LogP contribution is 2.34. The number of rotatable bonds is 2. The van der Waals surface area contributed by atoms with Gasteiger partial charge in [0.1, 0.15) is 5.78 Å². The Balaban J connectivity index is 1.83. The summed E-state index contributed by atoms with van der Waals surface area (Å²) in [5.74, 6) is 1.41. The average molecular weight is 139 g/mol. The largest absolute Gasteiger partial charge is 0.305 e. The van der Waals surface area contributed by atoms with E-state index in [2.05, 4.69) is 11.9 Å². The van der Waals surface area contributed by atoms with Crippen molar-refractivity contribution in [2.24, 2.45) is 11.8 Å². The smallest absolute Gasteiger partial charge is 0.141 e. The first kappa shape index (κ1) is 6.35. The van der Waals surface area contributed by atoms with E-state index in [4.69, 9.17) is 0 Å². The van der Waals surface area contributed by atoms with Crippen LogP contribution < -0.4 is 0 Å². The molecule has 56 valence electrons. The van der Waals surface area contributed by atoms with Crippen LogP contribution in [0.1, 0.15) is 12.8 Å². The van der Waals surface area contributed by atoms with E-state index in [-0.39, 0.29) is 0 Å². The van der Waals surface area contributed by atoms with Crippen LogP contribution in [-0.2, 0) is 4.79 Å². The molecule has 0 atom stereocenters. The van der Waals surface area contributed by atoms with Crippen molar-refractivity contribution in [2.75, 3.05) is 20.1 Å². The molecule has 0 unspecified atom stereocenters. The molecule has 0 bridgehead atoms. The molecule has 0 aromatic rings. The van der Waals surface area contributed by atoms with E-state index in [0.717, 1.165) is 13.1 Å². The Labute approximate surface area is 61.2 Å². The molecule has 0 radical (unpaired) electrons. The number of Topliss-reactive ketones (excluding diaryl/α,β-unsaturated/α-hetero) is 1. The van der Waals surface area contributed by atoms with E-state index in [1.165, 1.54) is 12.8 Å². The quantitative estimate of drug-likeness (QED) is 0.556. The van der Waals surface area contributed by atoms with Crippen LogP contribution in [0, 0.1) is 11.8 Å². The van der Waals surface area contributed by atoms with E-state index < -0.39 is 0 Å². The molecule has 2 nitrogen and oxygen atoms in total. The highest BCUT2D eigenvalue weighted by molar-refractivity contribution is 5.86. The van der Waals surface area contributed by atoms with Crippen molar-refractivity contribution in [1.82, 2.24) is 4.90 Å². The molecule has 0 aromatic carbocycles. The normalized spacial score (nSPS) is 28.1. The zero-order valence-electron chi connectivity index (χ0n) is 6.34. The van der Waals surface area contributed by atoms with Crippen LogP contribution in [0.3, 0.4) is 0 Å². The second kappa shape index (κ2) is 2.06. The first-order valence-electron chi connectivity index (χ1n) is 3.99. The van der Waals surface area contributed by atoms with Crippen molar-refractivity contribution in [2.45, 2.75) is 12.8 Å². The van der Waals surface area contributed by atoms with Crippen LogP contribution in [0.15, 0.2) is 0 Å². The Morgan fingerprint density at radius 2 is 1.90 bits per heavy atom. The van der Waals surface area contributed by atoms with Gasteiger partial charge >= 0.3 is 0 Å². The minimum absolute atomic E-state index is 0.400. The first-order valence-corrected chi connectivity index (χ1v) is 3.99. The molecule has 2 fully saturated rings. The maximum Gasteiger partial charge on any atom is 0.141 e. The van der Waals surface area contributed by atoms with Gasteiger partial charge < -0.3 is 4.90 Å². The molecule has 2 aliphatic rings. The molecule has 1 saturated carbocycles. The lowest BCUT2D eigenvalue weighted by atomic mass is 9.93. The molecule has 1 saturated heterocycles. The number of nitrogens with zero attached hydrogens (tertiary/aromatic N) is 1. The minimum Gasteiger partial charge on any atom is -0.305 e. The van der Waals surface area contributed by atoms with Gasteiger partial charge in [-0.25, -0.2) is 0 Å². The van der Waals surface area contributed by atoms with Crippen LogP contribution in [0.4, 0.5) is 0 Å². The zero-order valence-corrected chi connectivity index (χ0v) is 6.34. The Kier molecular flexibility index (Phi) is 1.31. The van der Waals surface area contributed by atoms with Gasteiger partial charge in [-0.2, -0.15) is 0 Å². The predicted molar refractivity (Wildman–Crippen MR) is 38.7 cm³/mol. The van der Waals surface area contributed by atoms with Crippen molar-refractivity contribution >= 4 is 5.78 Å². The highest BCUT2D eigenvalue weighted by Gasteiger charge is 2.39. The second-order valence-electron chi connectivity index (χ2n) is 3.59. The summed E-state index contributed by atoms with van der Waals surface area (Å²) in [6.45, 7) is 2.02. The maximum absolute atomic E-state index is 11.3. The molecule has 0 aromatic heterocycles. The van der Waals surface area contributed by atoms with Crippen LogP contribution >= 0.6 is 0 Å². The fourth-order valence-electron chi connectivity index (χ4n) is 1.58. The van der Waals surface area contributed by atoms with Gasteiger partial charge in [-0.15, -0.1) is 0 Å². The summed E-state index contributed by atoms with van der Waals surface area (Å²) >= 11 is 0. The van der Waals surface area contributed by atoms with Gasteiger partial charge in [0.15, 0.2) is 0 Å². The van der Waals surface area contributed by atoms with Gasteiger partial charge in [0.2, 0.25) is 0 Å². The third kappa shape index (κ3) is 0.966. The van der Waals surface area contributed by atoms with Gasteiger partial charge in [-0.1, -0.05) is 0 Å². The number of hydrogen-bond acceptors (Lipinski definition) is 2. The lowest BCUT2D eigenvalue weighted by molar-refractivity contribution is -0.128. The number of ketones is 1. The summed E-state index contributed by atoms with van der Waals surface area (Å²) in [7, 11) is 2.07. The first-order chi connectivity index (χ1) is 4.77. The molecular weight excluding hydrogens is 126 g/mol. The van der Waals surface area contributed by atoms with E-state index in [0.29, 0.717) is 17.6 Å². The molecule has 0 N–H and O–H groups in total. The summed E-state index contributed by atoms with van der Waals surface area (Å²) in [6.07, 6.45) is 2.33. The topological polar surface area (TPSA) is 20.3 Å². The Morgan fingerprint density at radius 3 is 2.30 bits per heavy atom.